The van der Waals surface area contributed by atoms with Crippen LogP contribution < -0.4 is 14.4 Å². The van der Waals surface area contributed by atoms with E-state index in [1.54, 1.807) is 7.11 Å². The summed E-state index contributed by atoms with van der Waals surface area (Å²) in [5.74, 6) is 1.61. The Morgan fingerprint density at radius 2 is 2.02 bits per heavy atom. The van der Waals surface area contributed by atoms with E-state index in [-0.39, 0.29) is 23.0 Å². The number of nitrogens with zero attached hydrogens (tertiary/aromatic N) is 1. The minimum absolute atomic E-state index is 0.0351. The zero-order valence-electron chi connectivity index (χ0n) is 26.6. The van der Waals surface area contributed by atoms with Gasteiger partial charge in [-0.15, -0.1) is 0 Å². The molecular weight excluding hydrogens is 596 g/mol. The molecule has 2 aromatic carbocycles. The Bertz CT molecular complexity index is 1500. The van der Waals surface area contributed by atoms with Crippen LogP contribution in [0.1, 0.15) is 67.9 Å². The van der Waals surface area contributed by atoms with Crippen LogP contribution in [0.25, 0.3) is 0 Å². The SMILES string of the molecule is CNS(=O)(=O)CC(C)[C@@H](C)/C=C/[C@](C)(OC)C1CCC1CN1C[C@@]2(CCCc3cc(Cl)ccc32)COc2ccc(C=O)cc21. The third kappa shape index (κ3) is 6.74. The molecule has 1 N–H and O–H groups in total. The molecule has 3 unspecified atom stereocenters. The number of allylic oxidation sites excluding steroid dienone is 1. The van der Waals surface area contributed by atoms with Crippen LogP contribution in [0.3, 0.4) is 0 Å². The molecule has 1 aliphatic heterocycles. The van der Waals surface area contributed by atoms with E-state index in [0.29, 0.717) is 24.0 Å². The Morgan fingerprint density at radius 3 is 2.70 bits per heavy atom. The molecule has 3 aliphatic rings. The first-order valence-corrected chi connectivity index (χ1v) is 17.9. The first-order chi connectivity index (χ1) is 20.9. The van der Waals surface area contributed by atoms with Gasteiger partial charge < -0.3 is 14.4 Å². The Labute approximate surface area is 268 Å². The van der Waals surface area contributed by atoms with Crippen LogP contribution >= 0.6 is 11.6 Å². The normalized spacial score (nSPS) is 26.1. The molecule has 2 aliphatic carbocycles. The van der Waals surface area contributed by atoms with Gasteiger partial charge in [-0.25, -0.2) is 13.1 Å². The highest BCUT2D eigenvalue weighted by Crippen LogP contribution is 2.48. The van der Waals surface area contributed by atoms with Crippen molar-refractivity contribution in [3.63, 3.8) is 0 Å². The molecular formula is C35H47ClN2O5S. The molecule has 44 heavy (non-hydrogen) atoms. The van der Waals surface area contributed by atoms with Gasteiger partial charge in [0, 0.05) is 36.2 Å². The molecule has 0 saturated heterocycles. The molecule has 0 aromatic heterocycles. The summed E-state index contributed by atoms with van der Waals surface area (Å²) in [4.78, 5) is 14.3. The quantitative estimate of drug-likeness (QED) is 0.225. The van der Waals surface area contributed by atoms with Crippen molar-refractivity contribution in [3.05, 3.63) is 70.3 Å². The number of methoxy groups -OCH3 is 1. The van der Waals surface area contributed by atoms with Crippen molar-refractivity contribution in [3.8, 4) is 5.75 Å². The smallest absolute Gasteiger partial charge is 0.211 e. The number of hydrogen-bond donors (Lipinski definition) is 1. The number of aryl methyl sites for hydroxylation is 1. The number of nitrogens with one attached hydrogen (secondary N) is 1. The van der Waals surface area contributed by atoms with Gasteiger partial charge in [0.1, 0.15) is 12.0 Å². The molecule has 1 fully saturated rings. The third-order valence-corrected chi connectivity index (χ3v) is 12.5. The Hall–Kier alpha value is -2.39. The maximum absolute atomic E-state index is 12.1. The van der Waals surface area contributed by atoms with Crippen molar-refractivity contribution < 1.29 is 22.7 Å². The van der Waals surface area contributed by atoms with Crippen LogP contribution in [0.2, 0.25) is 5.02 Å². The molecule has 6 atom stereocenters. The highest BCUT2D eigenvalue weighted by atomic mass is 35.5. The van der Waals surface area contributed by atoms with E-state index in [0.717, 1.165) is 67.9 Å². The number of benzene rings is 2. The zero-order chi connectivity index (χ0) is 31.7. The fraction of sp³-hybridized carbons (Fsp3) is 0.571. The van der Waals surface area contributed by atoms with Gasteiger partial charge in [0.25, 0.3) is 0 Å². The van der Waals surface area contributed by atoms with Gasteiger partial charge in [-0.05, 0) is 111 Å². The maximum Gasteiger partial charge on any atom is 0.211 e. The first kappa shape index (κ1) is 33.0. The molecule has 5 rings (SSSR count). The lowest BCUT2D eigenvalue weighted by Gasteiger charge is -2.49. The summed E-state index contributed by atoms with van der Waals surface area (Å²) >= 11 is 6.41. The number of aldehydes is 1. The lowest BCUT2D eigenvalue weighted by atomic mass is 9.64. The number of hydrogen-bond acceptors (Lipinski definition) is 6. The average Bonchev–Trinajstić information content (AvgIpc) is 3.14. The number of carbonyl (C=O) groups is 1. The lowest BCUT2D eigenvalue weighted by molar-refractivity contribution is -0.0623. The summed E-state index contributed by atoms with van der Waals surface area (Å²) in [6, 6.07) is 12.0. The van der Waals surface area contributed by atoms with E-state index in [1.165, 1.54) is 18.2 Å². The molecule has 2 aromatic rings. The number of halogens is 1. The van der Waals surface area contributed by atoms with Crippen LogP contribution in [0.15, 0.2) is 48.6 Å². The van der Waals surface area contributed by atoms with Crippen molar-refractivity contribution in [1.29, 1.82) is 0 Å². The van der Waals surface area contributed by atoms with Crippen LogP contribution in [-0.4, -0.2) is 59.9 Å². The van der Waals surface area contributed by atoms with Crippen molar-refractivity contribution >= 4 is 33.6 Å². The fourth-order valence-corrected chi connectivity index (χ4v) is 8.84. The van der Waals surface area contributed by atoms with Gasteiger partial charge in [0.15, 0.2) is 0 Å². The molecule has 240 valence electrons. The number of carbonyl (C=O) groups excluding carboxylic acids is 1. The van der Waals surface area contributed by atoms with Crippen molar-refractivity contribution in [1.82, 2.24) is 4.72 Å². The minimum atomic E-state index is -3.28. The maximum atomic E-state index is 12.1. The predicted octanol–water partition coefficient (Wildman–Crippen LogP) is 6.43. The average molecular weight is 643 g/mol. The Kier molecular flexibility index (Phi) is 9.86. The van der Waals surface area contributed by atoms with Crippen LogP contribution in [0, 0.1) is 23.7 Å². The van der Waals surface area contributed by atoms with Crippen molar-refractivity contribution in [2.45, 2.75) is 63.9 Å². The lowest BCUT2D eigenvalue weighted by Crippen LogP contribution is -2.52. The van der Waals surface area contributed by atoms with E-state index < -0.39 is 15.6 Å². The number of ether oxygens (including phenoxy) is 2. The standard InChI is InChI=1S/C35H47ClN2O5S/c1-24(25(2)21-44(40,41)37-4)14-16-34(3,42-5)30-11-9-28(30)19-38-22-35(15-6-7-27-18-29(36)10-12-31(27)35)23-43-33-13-8-26(20-39)17-32(33)38/h8,10,12-14,16-18,20,24-25,28,30,37H,6-7,9,11,15,19,21-23H2,1-5H3/b16-14+/t24-,25?,28?,30?,34-,35-/m0/s1. The van der Waals surface area contributed by atoms with Crippen molar-refractivity contribution in [2.24, 2.45) is 23.7 Å². The second kappa shape index (κ2) is 13.1. The molecule has 0 radical (unpaired) electrons. The summed E-state index contributed by atoms with van der Waals surface area (Å²) in [7, 11) is -0.0562. The van der Waals surface area contributed by atoms with E-state index >= 15 is 0 Å². The van der Waals surface area contributed by atoms with Gasteiger partial charge in [-0.2, -0.15) is 0 Å². The summed E-state index contributed by atoms with van der Waals surface area (Å²) < 4.78 is 39.4. The molecule has 9 heteroatoms. The number of sulfonamides is 1. The summed E-state index contributed by atoms with van der Waals surface area (Å²) in [5.41, 5.74) is 3.57. The summed E-state index contributed by atoms with van der Waals surface area (Å²) in [6.45, 7) is 8.39. The third-order valence-electron chi connectivity index (χ3n) is 10.7. The van der Waals surface area contributed by atoms with E-state index in [9.17, 15) is 13.2 Å². The molecule has 0 amide bonds. The minimum Gasteiger partial charge on any atom is -0.490 e. The number of fused-ring (bicyclic) bond motifs is 3. The highest BCUT2D eigenvalue weighted by molar-refractivity contribution is 7.89. The van der Waals surface area contributed by atoms with Gasteiger partial charge in [-0.1, -0.05) is 43.7 Å². The number of anilines is 1. The highest BCUT2D eigenvalue weighted by Gasteiger charge is 2.47. The second-order valence-corrected chi connectivity index (χ2v) is 15.9. The predicted molar refractivity (Wildman–Crippen MR) is 178 cm³/mol. The second-order valence-electron chi connectivity index (χ2n) is 13.5. The van der Waals surface area contributed by atoms with Crippen LogP contribution in [-0.2, 0) is 26.6 Å². The zero-order valence-corrected chi connectivity index (χ0v) is 28.2. The molecule has 1 heterocycles. The Morgan fingerprint density at radius 1 is 1.23 bits per heavy atom. The summed E-state index contributed by atoms with van der Waals surface area (Å²) in [5, 5.41) is 0.766. The summed E-state index contributed by atoms with van der Waals surface area (Å²) in [6.07, 6.45) is 10.4. The van der Waals surface area contributed by atoms with Gasteiger partial charge in [0.2, 0.25) is 10.0 Å². The monoisotopic (exact) mass is 642 g/mol. The molecule has 7 nitrogen and oxygen atoms in total. The topological polar surface area (TPSA) is 84.9 Å². The van der Waals surface area contributed by atoms with E-state index in [2.05, 4.69) is 47.8 Å². The van der Waals surface area contributed by atoms with Gasteiger partial charge >= 0.3 is 0 Å². The van der Waals surface area contributed by atoms with Crippen molar-refractivity contribution in [2.75, 3.05) is 44.5 Å². The molecule has 0 bridgehead atoms. The van der Waals surface area contributed by atoms with E-state index in [4.69, 9.17) is 21.1 Å². The van der Waals surface area contributed by atoms with E-state index in [1.807, 2.05) is 31.2 Å². The van der Waals surface area contributed by atoms with Crippen LogP contribution in [0.5, 0.6) is 5.75 Å². The Balaban J connectivity index is 1.41. The largest absolute Gasteiger partial charge is 0.490 e. The van der Waals surface area contributed by atoms with Gasteiger partial charge in [-0.3, -0.25) is 4.79 Å². The molecule has 1 spiro atoms. The molecule has 1 saturated carbocycles. The first-order valence-electron chi connectivity index (χ1n) is 15.8. The van der Waals surface area contributed by atoms with Gasteiger partial charge in [0.05, 0.1) is 23.6 Å². The number of rotatable bonds is 11. The fourth-order valence-electron chi connectivity index (χ4n) is 7.49. The van der Waals surface area contributed by atoms with Crippen LogP contribution in [0.4, 0.5) is 5.69 Å².